The molecule has 0 bridgehead atoms. The number of nitro benzene ring substituents is 1. The molecular weight excluding hydrogens is 348 g/mol. The first-order chi connectivity index (χ1) is 9.51. The minimum atomic E-state index is -0.478. The van der Waals surface area contributed by atoms with Crippen LogP contribution in [0.2, 0.25) is 5.02 Å². The molecule has 0 aliphatic rings. The van der Waals surface area contributed by atoms with Crippen LogP contribution in [0.5, 0.6) is 0 Å². The molecule has 1 N–H and O–H groups in total. The summed E-state index contributed by atoms with van der Waals surface area (Å²) in [5.74, 6) is 0. The van der Waals surface area contributed by atoms with Gasteiger partial charge in [-0.2, -0.15) is 0 Å². The van der Waals surface area contributed by atoms with E-state index in [0.29, 0.717) is 27.7 Å². The third kappa shape index (κ3) is 3.15. The van der Waals surface area contributed by atoms with Crippen molar-refractivity contribution in [3.05, 3.63) is 61.6 Å². The van der Waals surface area contributed by atoms with Gasteiger partial charge in [0.2, 0.25) is 0 Å². The molecule has 0 aliphatic heterocycles. The van der Waals surface area contributed by atoms with E-state index in [1.807, 2.05) is 0 Å². The minimum absolute atomic E-state index is 0.0602. The highest BCUT2D eigenvalue weighted by Gasteiger charge is 2.14. The number of carbonyl (C=O) groups is 1. The van der Waals surface area contributed by atoms with Crippen molar-refractivity contribution in [3.8, 4) is 0 Å². The molecule has 0 spiro atoms. The van der Waals surface area contributed by atoms with E-state index in [1.165, 1.54) is 12.1 Å². The number of nitrogens with zero attached hydrogens (tertiary/aromatic N) is 1. The highest BCUT2D eigenvalue weighted by Crippen LogP contribution is 2.31. The Morgan fingerprint density at radius 1 is 1.25 bits per heavy atom. The predicted octanol–water partition coefficient (Wildman–Crippen LogP) is 4.57. The molecule has 2 aromatic carbocycles. The van der Waals surface area contributed by atoms with Gasteiger partial charge in [-0.1, -0.05) is 27.5 Å². The first-order valence-corrected chi connectivity index (χ1v) is 6.64. The van der Waals surface area contributed by atoms with Gasteiger partial charge in [-0.15, -0.1) is 0 Å². The summed E-state index contributed by atoms with van der Waals surface area (Å²) in [6.45, 7) is 0. The van der Waals surface area contributed by atoms with Gasteiger partial charge < -0.3 is 5.32 Å². The van der Waals surface area contributed by atoms with Crippen molar-refractivity contribution in [2.24, 2.45) is 0 Å². The topological polar surface area (TPSA) is 72.2 Å². The number of nitrogens with one attached hydrogen (secondary N) is 1. The third-order valence-corrected chi connectivity index (χ3v) is 3.38. The monoisotopic (exact) mass is 354 g/mol. The largest absolute Gasteiger partial charge is 0.350 e. The van der Waals surface area contributed by atoms with Crippen molar-refractivity contribution in [2.75, 3.05) is 5.32 Å². The number of benzene rings is 2. The van der Waals surface area contributed by atoms with Crippen LogP contribution in [0, 0.1) is 10.1 Å². The molecule has 0 saturated heterocycles. The Morgan fingerprint density at radius 2 is 2.00 bits per heavy atom. The Morgan fingerprint density at radius 3 is 2.60 bits per heavy atom. The minimum Gasteiger partial charge on any atom is -0.350 e. The van der Waals surface area contributed by atoms with Crippen molar-refractivity contribution in [1.29, 1.82) is 0 Å². The molecule has 0 aliphatic carbocycles. The lowest BCUT2D eigenvalue weighted by atomic mass is 10.2. The Balaban J connectivity index is 2.37. The molecule has 0 unspecified atom stereocenters. The fraction of sp³-hybridized carbons (Fsp3) is 0. The van der Waals surface area contributed by atoms with Crippen LogP contribution in [0.3, 0.4) is 0 Å². The first kappa shape index (κ1) is 14.5. The van der Waals surface area contributed by atoms with E-state index in [-0.39, 0.29) is 10.7 Å². The molecule has 0 fully saturated rings. The molecular formula is C13H8BrClN2O3. The zero-order chi connectivity index (χ0) is 14.7. The Bertz CT molecular complexity index is 691. The number of hydrogen-bond donors (Lipinski definition) is 1. The molecule has 0 amide bonds. The smallest absolute Gasteiger partial charge is 0.293 e. The van der Waals surface area contributed by atoms with Crippen LogP contribution in [0.4, 0.5) is 17.1 Å². The summed E-state index contributed by atoms with van der Waals surface area (Å²) >= 11 is 9.10. The van der Waals surface area contributed by atoms with Crippen molar-refractivity contribution in [3.63, 3.8) is 0 Å². The van der Waals surface area contributed by atoms with Gasteiger partial charge in [0.15, 0.2) is 6.29 Å². The number of hydrogen-bond acceptors (Lipinski definition) is 4. The van der Waals surface area contributed by atoms with E-state index in [1.54, 1.807) is 24.3 Å². The first-order valence-electron chi connectivity index (χ1n) is 5.47. The second kappa shape index (κ2) is 6.02. The van der Waals surface area contributed by atoms with Gasteiger partial charge in [-0.3, -0.25) is 14.9 Å². The maximum Gasteiger partial charge on any atom is 0.293 e. The highest BCUT2D eigenvalue weighted by atomic mass is 79.9. The summed E-state index contributed by atoms with van der Waals surface area (Å²) in [6, 6.07) is 9.39. The van der Waals surface area contributed by atoms with Gasteiger partial charge in [-0.05, 0) is 30.3 Å². The molecule has 5 nitrogen and oxygen atoms in total. The average molecular weight is 356 g/mol. The number of nitro groups is 1. The fourth-order valence-corrected chi connectivity index (χ4v) is 2.19. The summed E-state index contributed by atoms with van der Waals surface area (Å²) in [5, 5.41) is 14.2. The number of halogens is 2. The van der Waals surface area contributed by atoms with Crippen molar-refractivity contribution in [2.45, 2.75) is 0 Å². The second-order valence-electron chi connectivity index (χ2n) is 3.90. The lowest BCUT2D eigenvalue weighted by molar-refractivity contribution is -0.384. The molecule has 102 valence electrons. The van der Waals surface area contributed by atoms with Gasteiger partial charge in [0, 0.05) is 21.8 Å². The van der Waals surface area contributed by atoms with Crippen molar-refractivity contribution in [1.82, 2.24) is 0 Å². The molecule has 0 aromatic heterocycles. The molecule has 2 rings (SSSR count). The third-order valence-electron chi connectivity index (χ3n) is 2.56. The van der Waals surface area contributed by atoms with Gasteiger partial charge in [0.25, 0.3) is 5.69 Å². The normalized spacial score (nSPS) is 10.1. The highest BCUT2D eigenvalue weighted by molar-refractivity contribution is 9.10. The van der Waals surface area contributed by atoms with Crippen LogP contribution in [-0.2, 0) is 0 Å². The number of rotatable bonds is 4. The molecule has 20 heavy (non-hydrogen) atoms. The second-order valence-corrected chi connectivity index (χ2v) is 5.22. The lowest BCUT2D eigenvalue weighted by Gasteiger charge is -2.08. The van der Waals surface area contributed by atoms with E-state index >= 15 is 0 Å². The quantitative estimate of drug-likeness (QED) is 0.495. The van der Waals surface area contributed by atoms with Crippen molar-refractivity contribution >= 4 is 50.9 Å². The molecule has 2 aromatic rings. The van der Waals surface area contributed by atoms with Crippen molar-refractivity contribution < 1.29 is 9.72 Å². The van der Waals surface area contributed by atoms with E-state index in [2.05, 4.69) is 21.2 Å². The molecule has 0 heterocycles. The zero-order valence-electron chi connectivity index (χ0n) is 9.97. The lowest BCUT2D eigenvalue weighted by Crippen LogP contribution is -1.97. The van der Waals surface area contributed by atoms with E-state index in [4.69, 9.17) is 11.6 Å². The molecule has 0 atom stereocenters. The fourth-order valence-electron chi connectivity index (χ4n) is 1.62. The molecule has 0 radical (unpaired) electrons. The van der Waals surface area contributed by atoms with Crippen LogP contribution in [0.1, 0.15) is 10.4 Å². The zero-order valence-corrected chi connectivity index (χ0v) is 12.3. The van der Waals surface area contributed by atoms with E-state index in [9.17, 15) is 14.9 Å². The van der Waals surface area contributed by atoms with Gasteiger partial charge in [-0.25, -0.2) is 0 Å². The van der Waals surface area contributed by atoms with E-state index < -0.39 is 4.92 Å². The summed E-state index contributed by atoms with van der Waals surface area (Å²) in [6.07, 6.45) is 0.647. The SMILES string of the molecule is O=Cc1ccc(Nc2ccc(Br)cc2[N+](=O)[O-])cc1Cl. The number of anilines is 2. The van der Waals surface area contributed by atoms with E-state index in [0.717, 1.165) is 0 Å². The maximum atomic E-state index is 11.0. The summed E-state index contributed by atoms with van der Waals surface area (Å²) in [4.78, 5) is 21.2. The van der Waals surface area contributed by atoms with Crippen LogP contribution in [-0.4, -0.2) is 11.2 Å². The van der Waals surface area contributed by atoms with Crippen LogP contribution < -0.4 is 5.32 Å². The predicted molar refractivity (Wildman–Crippen MR) is 80.9 cm³/mol. The summed E-state index contributed by atoms with van der Waals surface area (Å²) in [7, 11) is 0. The standard InChI is InChI=1S/C13H8BrClN2O3/c14-9-2-4-12(13(5-9)17(19)20)16-10-3-1-8(7-18)11(15)6-10/h1-7,16H. The Hall–Kier alpha value is -1.92. The Kier molecular flexibility index (Phi) is 4.36. The van der Waals surface area contributed by atoms with Crippen LogP contribution in [0.25, 0.3) is 0 Å². The van der Waals surface area contributed by atoms with Crippen LogP contribution >= 0.6 is 27.5 Å². The number of aldehydes is 1. The number of carbonyl (C=O) groups excluding carboxylic acids is 1. The average Bonchev–Trinajstić information content (AvgIpc) is 2.41. The molecule has 0 saturated carbocycles. The van der Waals surface area contributed by atoms with Gasteiger partial charge in [0.05, 0.1) is 9.95 Å². The van der Waals surface area contributed by atoms with Crippen LogP contribution in [0.15, 0.2) is 40.9 Å². The maximum absolute atomic E-state index is 11.0. The van der Waals surface area contributed by atoms with Gasteiger partial charge in [0.1, 0.15) is 5.69 Å². The van der Waals surface area contributed by atoms with Gasteiger partial charge >= 0.3 is 0 Å². The summed E-state index contributed by atoms with van der Waals surface area (Å²) < 4.78 is 0.615. The molecule has 7 heteroatoms. The summed E-state index contributed by atoms with van der Waals surface area (Å²) in [5.41, 5.74) is 1.21. The Labute approximate surface area is 127 Å².